The summed E-state index contributed by atoms with van der Waals surface area (Å²) in [6, 6.07) is 0. The molecule has 41 heavy (non-hydrogen) atoms. The lowest BCUT2D eigenvalue weighted by Gasteiger charge is -2.59. The molecule has 0 amide bonds. The fourth-order valence-electron chi connectivity index (χ4n) is 10.2. The number of cyclic esters (lactones) is 1. The Balaban J connectivity index is 1.25. The van der Waals surface area contributed by atoms with Gasteiger partial charge in [0, 0.05) is 20.3 Å². The van der Waals surface area contributed by atoms with Crippen LogP contribution in [0, 0.1) is 34.5 Å². The lowest BCUT2D eigenvalue weighted by atomic mass is 9.44. The van der Waals surface area contributed by atoms with Crippen LogP contribution in [0.3, 0.4) is 0 Å². The van der Waals surface area contributed by atoms with Gasteiger partial charge in [-0.2, -0.15) is 0 Å². The molecule has 9 heteroatoms. The van der Waals surface area contributed by atoms with Crippen molar-refractivity contribution in [2.45, 2.75) is 110 Å². The second-order valence-corrected chi connectivity index (χ2v) is 14.0. The molecule has 2 heterocycles. The van der Waals surface area contributed by atoms with Crippen molar-refractivity contribution < 1.29 is 43.2 Å². The van der Waals surface area contributed by atoms with E-state index in [-0.39, 0.29) is 53.6 Å². The molecule has 1 N–H and O–H groups in total. The van der Waals surface area contributed by atoms with Crippen molar-refractivity contribution >= 4 is 23.7 Å². The normalized spacial score (nSPS) is 45.9. The number of fused-ring (bicyclic) bond motifs is 4. The zero-order valence-corrected chi connectivity index (χ0v) is 24.9. The van der Waals surface area contributed by atoms with Gasteiger partial charge in [0.05, 0.1) is 17.1 Å². The topological polar surface area (TPSA) is 129 Å². The Kier molecular flexibility index (Phi) is 6.44. The number of allylic oxidation sites excluding steroid dienone is 1. The number of hydrogen-bond acceptors (Lipinski definition) is 9. The molecule has 2 aliphatic heterocycles. The van der Waals surface area contributed by atoms with Gasteiger partial charge in [0.1, 0.15) is 23.9 Å². The van der Waals surface area contributed by atoms with Gasteiger partial charge in [0.15, 0.2) is 11.9 Å². The summed E-state index contributed by atoms with van der Waals surface area (Å²) in [5.41, 5.74) is -1.94. The van der Waals surface area contributed by atoms with E-state index >= 15 is 0 Å². The standard InChI is InChI=1S/C32H42O9/c1-16-13-26(40-28(36)20(16)15-38-17(2)33)31(6,37)23-8-7-21-19-14-27-32(41-27)25(39-18(3)34)10-9-24(35)30(32,5)22(19)11-12-29(21,23)4/h9-10,19,21-23,25-27,37H,7-8,11-15H2,1-6H3/t19-,21-,22-,23-,25-,26-,27+,29-,30-,31+,32+/m0/s1. The van der Waals surface area contributed by atoms with Gasteiger partial charge in [0.25, 0.3) is 0 Å². The summed E-state index contributed by atoms with van der Waals surface area (Å²) in [5, 5.41) is 12.1. The van der Waals surface area contributed by atoms with Crippen LogP contribution in [0.1, 0.15) is 80.1 Å². The van der Waals surface area contributed by atoms with Crippen molar-refractivity contribution in [1.29, 1.82) is 0 Å². The highest BCUT2D eigenvalue weighted by atomic mass is 16.7. The Morgan fingerprint density at radius 2 is 1.85 bits per heavy atom. The van der Waals surface area contributed by atoms with Gasteiger partial charge < -0.3 is 24.1 Å². The maximum Gasteiger partial charge on any atom is 0.337 e. The van der Waals surface area contributed by atoms with Crippen LogP contribution >= 0.6 is 0 Å². The summed E-state index contributed by atoms with van der Waals surface area (Å²) in [6.07, 6.45) is 6.39. The predicted molar refractivity (Wildman–Crippen MR) is 145 cm³/mol. The molecule has 11 atom stereocenters. The molecule has 0 aromatic carbocycles. The molecule has 0 aromatic rings. The molecule has 4 fully saturated rings. The van der Waals surface area contributed by atoms with Crippen LogP contribution in [0.15, 0.2) is 23.3 Å². The van der Waals surface area contributed by atoms with Gasteiger partial charge in [-0.25, -0.2) is 4.79 Å². The van der Waals surface area contributed by atoms with E-state index in [2.05, 4.69) is 6.92 Å². The second-order valence-electron chi connectivity index (χ2n) is 14.0. The van der Waals surface area contributed by atoms with Crippen molar-refractivity contribution in [3.8, 4) is 0 Å². The molecule has 224 valence electrons. The molecule has 9 nitrogen and oxygen atoms in total. The fraction of sp³-hybridized carbons (Fsp3) is 0.750. The molecule has 6 aliphatic rings. The van der Waals surface area contributed by atoms with E-state index in [0.29, 0.717) is 12.0 Å². The lowest BCUT2D eigenvalue weighted by molar-refractivity contribution is -0.186. The molecular weight excluding hydrogens is 528 g/mol. The average molecular weight is 571 g/mol. The zero-order chi connectivity index (χ0) is 29.7. The minimum Gasteiger partial charge on any atom is -0.461 e. The smallest absolute Gasteiger partial charge is 0.337 e. The number of epoxide rings is 1. The van der Waals surface area contributed by atoms with E-state index < -0.39 is 40.8 Å². The first-order valence-electron chi connectivity index (χ1n) is 15.0. The van der Waals surface area contributed by atoms with E-state index in [4.69, 9.17) is 18.9 Å². The van der Waals surface area contributed by atoms with Gasteiger partial charge in [-0.15, -0.1) is 0 Å². The second kappa shape index (κ2) is 9.24. The van der Waals surface area contributed by atoms with E-state index in [1.165, 1.54) is 13.8 Å². The van der Waals surface area contributed by atoms with Gasteiger partial charge in [-0.3, -0.25) is 14.4 Å². The number of rotatable bonds is 5. The highest BCUT2D eigenvalue weighted by molar-refractivity contribution is 5.98. The molecule has 0 radical (unpaired) electrons. The fourth-order valence-corrected chi connectivity index (χ4v) is 10.2. The minimum absolute atomic E-state index is 0.0455. The zero-order valence-electron chi connectivity index (χ0n) is 24.9. The average Bonchev–Trinajstić information content (AvgIpc) is 3.50. The monoisotopic (exact) mass is 570 g/mol. The maximum absolute atomic E-state index is 13.6. The molecule has 6 rings (SSSR count). The molecule has 3 saturated carbocycles. The van der Waals surface area contributed by atoms with Crippen LogP contribution in [-0.4, -0.2) is 64.9 Å². The molecular formula is C32H42O9. The maximum atomic E-state index is 13.6. The third kappa shape index (κ3) is 3.87. The highest BCUT2D eigenvalue weighted by Crippen LogP contribution is 2.73. The van der Waals surface area contributed by atoms with Crippen LogP contribution in [0.5, 0.6) is 0 Å². The van der Waals surface area contributed by atoms with Crippen LogP contribution < -0.4 is 0 Å². The molecule has 4 aliphatic carbocycles. The predicted octanol–water partition coefficient (Wildman–Crippen LogP) is 3.61. The summed E-state index contributed by atoms with van der Waals surface area (Å²) in [4.78, 5) is 49.7. The quantitative estimate of drug-likeness (QED) is 0.299. The van der Waals surface area contributed by atoms with E-state index in [0.717, 1.165) is 37.7 Å². The summed E-state index contributed by atoms with van der Waals surface area (Å²) in [6.45, 7) is 10.5. The first-order chi connectivity index (χ1) is 19.2. The number of ether oxygens (including phenoxy) is 4. The first-order valence-corrected chi connectivity index (χ1v) is 15.0. The van der Waals surface area contributed by atoms with Crippen molar-refractivity contribution in [2.75, 3.05) is 6.61 Å². The van der Waals surface area contributed by atoms with Crippen molar-refractivity contribution in [3.63, 3.8) is 0 Å². The van der Waals surface area contributed by atoms with Crippen LogP contribution in [0.25, 0.3) is 0 Å². The Hall–Kier alpha value is -2.52. The van der Waals surface area contributed by atoms with Gasteiger partial charge >= 0.3 is 17.9 Å². The van der Waals surface area contributed by atoms with Gasteiger partial charge in [-0.05, 0) is 94.1 Å². The number of esters is 3. The summed E-state index contributed by atoms with van der Waals surface area (Å²) >= 11 is 0. The number of hydrogen-bond donors (Lipinski definition) is 1. The van der Waals surface area contributed by atoms with Gasteiger partial charge in [-0.1, -0.05) is 12.5 Å². The van der Waals surface area contributed by atoms with Crippen LogP contribution in [-0.2, 0) is 38.1 Å². The summed E-state index contributed by atoms with van der Waals surface area (Å²) in [7, 11) is 0. The third-order valence-electron chi connectivity index (χ3n) is 12.2. The van der Waals surface area contributed by atoms with Gasteiger partial charge in [0.2, 0.25) is 0 Å². The first kappa shape index (κ1) is 28.6. The lowest BCUT2D eigenvalue weighted by Crippen LogP contribution is -2.64. The number of carbonyl (C=O) groups excluding carboxylic acids is 4. The van der Waals surface area contributed by atoms with E-state index in [9.17, 15) is 24.3 Å². The highest BCUT2D eigenvalue weighted by Gasteiger charge is 2.81. The van der Waals surface area contributed by atoms with E-state index in [1.54, 1.807) is 19.1 Å². The Morgan fingerprint density at radius 1 is 1.12 bits per heavy atom. The molecule has 0 bridgehead atoms. The number of ketones is 1. The number of aliphatic hydroxyl groups is 1. The molecule has 0 aromatic heterocycles. The van der Waals surface area contributed by atoms with Crippen LogP contribution in [0.2, 0.25) is 0 Å². The molecule has 1 spiro atoms. The van der Waals surface area contributed by atoms with Crippen molar-refractivity contribution in [3.05, 3.63) is 23.3 Å². The van der Waals surface area contributed by atoms with Crippen molar-refractivity contribution in [1.82, 2.24) is 0 Å². The molecule has 0 unspecified atom stereocenters. The van der Waals surface area contributed by atoms with Crippen molar-refractivity contribution in [2.24, 2.45) is 34.5 Å². The Bertz CT molecular complexity index is 1260. The molecule has 1 saturated heterocycles. The Morgan fingerprint density at radius 3 is 2.51 bits per heavy atom. The van der Waals surface area contributed by atoms with E-state index in [1.807, 2.05) is 13.8 Å². The SMILES string of the molecule is CC(=O)OCC1=C(C)C[C@@H]([C@](C)(O)[C@H]2CC[C@H]3[C@@H]4C[C@H]5O[C@]56[C@@H](OC(C)=O)C=CC(=O)[C@]6(C)[C@H]4CC[C@]23C)OC1=O. The third-order valence-corrected chi connectivity index (χ3v) is 12.2. The summed E-state index contributed by atoms with van der Waals surface area (Å²) in [5.74, 6) is -0.853. The largest absolute Gasteiger partial charge is 0.461 e. The minimum atomic E-state index is -1.26. The van der Waals surface area contributed by atoms with Crippen LogP contribution in [0.4, 0.5) is 0 Å². The summed E-state index contributed by atoms with van der Waals surface area (Å²) < 4.78 is 22.9. The number of carbonyl (C=O) groups is 4. The Labute approximate surface area is 241 Å².